The van der Waals surface area contributed by atoms with Gasteiger partial charge in [-0.25, -0.2) is 0 Å². The van der Waals surface area contributed by atoms with Gasteiger partial charge in [0.2, 0.25) is 5.91 Å². The number of benzene rings is 1. The normalized spacial score (nSPS) is 9.31. The first-order chi connectivity index (χ1) is 6.07. The van der Waals surface area contributed by atoms with Crippen molar-refractivity contribution in [3.05, 3.63) is 32.4 Å². The number of halogens is 1. The smallest absolute Gasteiger partial charge is 0.249 e. The summed E-state index contributed by atoms with van der Waals surface area (Å²) in [6.07, 6.45) is 0. The molecule has 0 aliphatic heterocycles. The molecule has 13 heavy (non-hydrogen) atoms. The Kier molecular flexibility index (Phi) is 2.88. The number of nitrogens with two attached hydrogens (primary N) is 1. The van der Waals surface area contributed by atoms with Crippen LogP contribution in [0.25, 0.3) is 0 Å². The molecule has 0 radical (unpaired) electrons. The van der Waals surface area contributed by atoms with Crippen LogP contribution in [0.3, 0.4) is 0 Å². The standard InChI is InChI=1S/C9H7IN2O/c1-5-6(4-11)2-3-7(8(5)10)9(12)13/h2-3H,1H3,(H2,12,13). The highest BCUT2D eigenvalue weighted by atomic mass is 127. The van der Waals surface area contributed by atoms with E-state index < -0.39 is 5.91 Å². The molecule has 1 rings (SSSR count). The molecule has 0 heterocycles. The highest BCUT2D eigenvalue weighted by Crippen LogP contribution is 2.19. The summed E-state index contributed by atoms with van der Waals surface area (Å²) in [5.41, 5.74) is 7.00. The van der Waals surface area contributed by atoms with E-state index in [0.717, 1.165) is 9.13 Å². The van der Waals surface area contributed by atoms with Crippen molar-refractivity contribution in [3.63, 3.8) is 0 Å². The van der Waals surface area contributed by atoms with E-state index in [-0.39, 0.29) is 0 Å². The average Bonchev–Trinajstić information content (AvgIpc) is 2.09. The van der Waals surface area contributed by atoms with Crippen molar-refractivity contribution in [1.29, 1.82) is 5.26 Å². The van der Waals surface area contributed by atoms with Gasteiger partial charge in [-0.15, -0.1) is 0 Å². The SMILES string of the molecule is Cc1c(C#N)ccc(C(N)=O)c1I. The van der Waals surface area contributed by atoms with Crippen LogP contribution in [0.5, 0.6) is 0 Å². The van der Waals surface area contributed by atoms with Gasteiger partial charge >= 0.3 is 0 Å². The zero-order valence-electron chi connectivity index (χ0n) is 6.97. The number of amides is 1. The summed E-state index contributed by atoms with van der Waals surface area (Å²) in [5, 5.41) is 8.70. The third-order valence-corrected chi connectivity index (χ3v) is 3.16. The Morgan fingerprint density at radius 2 is 2.23 bits per heavy atom. The minimum Gasteiger partial charge on any atom is -0.366 e. The summed E-state index contributed by atoms with van der Waals surface area (Å²) in [6.45, 7) is 1.80. The lowest BCUT2D eigenvalue weighted by atomic mass is 10.1. The van der Waals surface area contributed by atoms with E-state index in [2.05, 4.69) is 0 Å². The van der Waals surface area contributed by atoms with Crippen molar-refractivity contribution in [2.45, 2.75) is 6.92 Å². The quantitative estimate of drug-likeness (QED) is 0.796. The monoisotopic (exact) mass is 286 g/mol. The number of carbonyl (C=O) groups excluding carboxylic acids is 1. The van der Waals surface area contributed by atoms with E-state index >= 15 is 0 Å². The van der Waals surface area contributed by atoms with Crippen molar-refractivity contribution in [3.8, 4) is 6.07 Å². The van der Waals surface area contributed by atoms with Crippen LogP contribution >= 0.6 is 22.6 Å². The minimum atomic E-state index is -0.461. The van der Waals surface area contributed by atoms with Crippen LogP contribution in [-0.2, 0) is 0 Å². The number of hydrogen-bond acceptors (Lipinski definition) is 2. The Hall–Kier alpha value is -1.09. The molecule has 0 spiro atoms. The van der Waals surface area contributed by atoms with Gasteiger partial charge in [0.05, 0.1) is 17.2 Å². The molecule has 0 unspecified atom stereocenters. The lowest BCUT2D eigenvalue weighted by Gasteiger charge is -2.04. The molecule has 0 saturated carbocycles. The van der Waals surface area contributed by atoms with Gasteiger partial charge < -0.3 is 5.73 Å². The van der Waals surface area contributed by atoms with E-state index in [1.54, 1.807) is 19.1 Å². The van der Waals surface area contributed by atoms with Gasteiger partial charge in [-0.2, -0.15) is 5.26 Å². The van der Waals surface area contributed by atoms with Crippen LogP contribution in [0, 0.1) is 21.8 Å². The third kappa shape index (κ3) is 1.80. The average molecular weight is 286 g/mol. The zero-order valence-corrected chi connectivity index (χ0v) is 9.12. The van der Waals surface area contributed by atoms with E-state index in [9.17, 15) is 4.79 Å². The van der Waals surface area contributed by atoms with Crippen molar-refractivity contribution in [2.75, 3.05) is 0 Å². The van der Waals surface area contributed by atoms with Crippen molar-refractivity contribution in [1.82, 2.24) is 0 Å². The first kappa shape index (κ1) is 9.99. The number of primary amides is 1. The molecule has 0 fully saturated rings. The summed E-state index contributed by atoms with van der Waals surface area (Å²) in [4.78, 5) is 10.9. The van der Waals surface area contributed by atoms with Gasteiger partial charge in [0.15, 0.2) is 0 Å². The Morgan fingerprint density at radius 3 is 2.69 bits per heavy atom. The number of rotatable bonds is 1. The molecule has 0 bridgehead atoms. The highest BCUT2D eigenvalue weighted by molar-refractivity contribution is 14.1. The minimum absolute atomic E-state index is 0.461. The maximum Gasteiger partial charge on any atom is 0.249 e. The Morgan fingerprint density at radius 1 is 1.62 bits per heavy atom. The van der Waals surface area contributed by atoms with Crippen LogP contribution in [-0.4, -0.2) is 5.91 Å². The van der Waals surface area contributed by atoms with Gasteiger partial charge in [-0.05, 0) is 47.2 Å². The molecule has 2 N–H and O–H groups in total. The third-order valence-electron chi connectivity index (χ3n) is 1.77. The molecular weight excluding hydrogens is 279 g/mol. The number of hydrogen-bond donors (Lipinski definition) is 1. The largest absolute Gasteiger partial charge is 0.366 e. The van der Waals surface area contributed by atoms with Crippen LogP contribution < -0.4 is 5.73 Å². The molecule has 3 nitrogen and oxygen atoms in total. The maximum absolute atomic E-state index is 10.9. The first-order valence-electron chi connectivity index (χ1n) is 3.57. The maximum atomic E-state index is 10.9. The number of nitriles is 1. The van der Waals surface area contributed by atoms with Crippen LogP contribution in [0.2, 0.25) is 0 Å². The lowest BCUT2D eigenvalue weighted by molar-refractivity contribution is 0.0999. The topological polar surface area (TPSA) is 66.9 Å². The Bertz CT molecular complexity index is 407. The van der Waals surface area contributed by atoms with E-state index in [4.69, 9.17) is 11.0 Å². The molecule has 0 aliphatic carbocycles. The fraction of sp³-hybridized carbons (Fsp3) is 0.111. The molecule has 1 aromatic rings. The van der Waals surface area contributed by atoms with Crippen molar-refractivity contribution in [2.24, 2.45) is 5.73 Å². The fourth-order valence-corrected chi connectivity index (χ4v) is 1.73. The molecular formula is C9H7IN2O. The van der Waals surface area contributed by atoms with E-state index in [1.165, 1.54) is 0 Å². The second-order valence-electron chi connectivity index (χ2n) is 2.58. The molecule has 0 aromatic heterocycles. The summed E-state index contributed by atoms with van der Waals surface area (Å²) in [6, 6.07) is 5.23. The van der Waals surface area contributed by atoms with Gasteiger partial charge in [0.1, 0.15) is 0 Å². The van der Waals surface area contributed by atoms with Crippen molar-refractivity contribution < 1.29 is 4.79 Å². The second kappa shape index (κ2) is 3.75. The predicted molar refractivity (Wildman–Crippen MR) is 57.1 cm³/mol. The number of nitrogens with zero attached hydrogens (tertiary/aromatic N) is 1. The van der Waals surface area contributed by atoms with E-state index in [1.807, 2.05) is 28.7 Å². The second-order valence-corrected chi connectivity index (χ2v) is 3.65. The molecule has 0 aliphatic rings. The fourth-order valence-electron chi connectivity index (χ4n) is 0.996. The molecule has 1 amide bonds. The van der Waals surface area contributed by atoms with Crippen LogP contribution in [0.15, 0.2) is 12.1 Å². The highest BCUT2D eigenvalue weighted by Gasteiger charge is 2.10. The predicted octanol–water partition coefficient (Wildman–Crippen LogP) is 1.57. The first-order valence-corrected chi connectivity index (χ1v) is 4.64. The van der Waals surface area contributed by atoms with Gasteiger partial charge in [-0.1, -0.05) is 0 Å². The van der Waals surface area contributed by atoms with Gasteiger partial charge in [-0.3, -0.25) is 4.79 Å². The number of carbonyl (C=O) groups is 1. The summed E-state index contributed by atoms with van der Waals surface area (Å²) in [5.74, 6) is -0.461. The molecule has 66 valence electrons. The molecule has 4 heteroatoms. The van der Waals surface area contributed by atoms with Gasteiger partial charge in [0.25, 0.3) is 0 Å². The Labute approximate surface area is 89.7 Å². The summed E-state index contributed by atoms with van der Waals surface area (Å²) >= 11 is 2.02. The summed E-state index contributed by atoms with van der Waals surface area (Å²) < 4.78 is 0.754. The van der Waals surface area contributed by atoms with Crippen LogP contribution in [0.4, 0.5) is 0 Å². The van der Waals surface area contributed by atoms with Crippen LogP contribution in [0.1, 0.15) is 21.5 Å². The summed E-state index contributed by atoms with van der Waals surface area (Å²) in [7, 11) is 0. The van der Waals surface area contributed by atoms with Crippen molar-refractivity contribution >= 4 is 28.5 Å². The lowest BCUT2D eigenvalue weighted by Crippen LogP contribution is -2.13. The van der Waals surface area contributed by atoms with E-state index in [0.29, 0.717) is 11.1 Å². The molecule has 1 aromatic carbocycles. The molecule has 0 atom stereocenters. The van der Waals surface area contributed by atoms with Gasteiger partial charge in [0, 0.05) is 3.57 Å². The molecule has 0 saturated heterocycles. The Balaban J connectivity index is 3.42. The zero-order chi connectivity index (χ0) is 10.0.